The van der Waals surface area contributed by atoms with Crippen molar-refractivity contribution < 1.29 is 9.53 Å². The van der Waals surface area contributed by atoms with Gasteiger partial charge in [-0.1, -0.05) is 19.1 Å². The number of nitrogens with zero attached hydrogens (tertiary/aromatic N) is 1. The fourth-order valence-electron chi connectivity index (χ4n) is 1.15. The van der Waals surface area contributed by atoms with Crippen LogP contribution in [0.2, 0.25) is 0 Å². The van der Waals surface area contributed by atoms with E-state index in [0.29, 0.717) is 25.1 Å². The van der Waals surface area contributed by atoms with Crippen LogP contribution < -0.4 is 0 Å². The molecule has 0 aliphatic heterocycles. The van der Waals surface area contributed by atoms with Crippen molar-refractivity contribution in [1.82, 2.24) is 0 Å². The molecule has 4 heteroatoms. The lowest BCUT2D eigenvalue weighted by molar-refractivity contribution is -0.143. The van der Waals surface area contributed by atoms with E-state index in [-0.39, 0.29) is 5.97 Å². The van der Waals surface area contributed by atoms with Gasteiger partial charge in [-0.15, -0.1) is 4.91 Å². The summed E-state index contributed by atoms with van der Waals surface area (Å²) in [5.74, 6) is -0.209. The Morgan fingerprint density at radius 2 is 2.27 bits per heavy atom. The van der Waals surface area contributed by atoms with Gasteiger partial charge in [0, 0.05) is 12.8 Å². The molecule has 0 N–H and O–H groups in total. The lowest BCUT2D eigenvalue weighted by Crippen LogP contribution is -2.05. The van der Waals surface area contributed by atoms with E-state index in [2.05, 4.69) is 5.18 Å². The van der Waals surface area contributed by atoms with Crippen LogP contribution in [0, 0.1) is 4.91 Å². The standard InChI is InChI=1S/C11H13NO3/c1-2-11(13)15-7-6-9-4-3-5-10(8-9)12-14/h3-5,8H,2,6-7H2,1H3. The summed E-state index contributed by atoms with van der Waals surface area (Å²) in [4.78, 5) is 21.1. The molecule has 0 amide bonds. The summed E-state index contributed by atoms with van der Waals surface area (Å²) in [7, 11) is 0. The van der Waals surface area contributed by atoms with Crippen LogP contribution in [0.5, 0.6) is 0 Å². The van der Waals surface area contributed by atoms with Crippen molar-refractivity contribution in [3.8, 4) is 0 Å². The summed E-state index contributed by atoms with van der Waals surface area (Å²) >= 11 is 0. The highest BCUT2D eigenvalue weighted by Gasteiger charge is 1.99. The smallest absolute Gasteiger partial charge is 0.305 e. The molecule has 0 heterocycles. The Labute approximate surface area is 88.2 Å². The van der Waals surface area contributed by atoms with Crippen LogP contribution in [0.3, 0.4) is 0 Å². The Balaban J connectivity index is 2.43. The van der Waals surface area contributed by atoms with Crippen LogP contribution in [0.1, 0.15) is 18.9 Å². The fourth-order valence-corrected chi connectivity index (χ4v) is 1.15. The van der Waals surface area contributed by atoms with Crippen molar-refractivity contribution >= 4 is 11.7 Å². The number of carbonyl (C=O) groups is 1. The predicted molar refractivity (Wildman–Crippen MR) is 56.9 cm³/mol. The summed E-state index contributed by atoms with van der Waals surface area (Å²) in [6.45, 7) is 2.09. The normalized spacial score (nSPS) is 9.67. The van der Waals surface area contributed by atoms with Gasteiger partial charge in [0.1, 0.15) is 5.69 Å². The van der Waals surface area contributed by atoms with Gasteiger partial charge in [0.05, 0.1) is 6.61 Å². The molecule has 80 valence electrons. The summed E-state index contributed by atoms with van der Waals surface area (Å²) in [6.07, 6.45) is 0.991. The highest BCUT2D eigenvalue weighted by molar-refractivity contribution is 5.68. The zero-order valence-corrected chi connectivity index (χ0v) is 8.60. The Kier molecular flexibility index (Phi) is 4.47. The molecule has 0 atom stereocenters. The lowest BCUT2D eigenvalue weighted by Gasteiger charge is -2.03. The molecule has 0 saturated heterocycles. The molecular formula is C11H13NO3. The molecule has 0 spiro atoms. The van der Waals surface area contributed by atoms with E-state index < -0.39 is 0 Å². The third kappa shape index (κ3) is 3.89. The molecule has 0 unspecified atom stereocenters. The molecule has 1 aromatic rings. The molecule has 15 heavy (non-hydrogen) atoms. The van der Waals surface area contributed by atoms with Gasteiger partial charge >= 0.3 is 5.97 Å². The number of esters is 1. The van der Waals surface area contributed by atoms with E-state index in [1.807, 2.05) is 6.07 Å². The van der Waals surface area contributed by atoms with Crippen molar-refractivity contribution in [3.05, 3.63) is 34.7 Å². The van der Waals surface area contributed by atoms with Gasteiger partial charge in [-0.05, 0) is 22.9 Å². The van der Waals surface area contributed by atoms with Gasteiger partial charge < -0.3 is 4.74 Å². The van der Waals surface area contributed by atoms with Crippen LogP contribution in [-0.2, 0) is 16.0 Å². The average molecular weight is 207 g/mol. The molecular weight excluding hydrogens is 194 g/mol. The van der Waals surface area contributed by atoms with E-state index >= 15 is 0 Å². The van der Waals surface area contributed by atoms with E-state index in [4.69, 9.17) is 4.74 Å². The minimum Gasteiger partial charge on any atom is -0.465 e. The summed E-state index contributed by atoms with van der Waals surface area (Å²) < 4.78 is 4.92. The van der Waals surface area contributed by atoms with Gasteiger partial charge in [0.15, 0.2) is 0 Å². The van der Waals surface area contributed by atoms with E-state index in [1.54, 1.807) is 25.1 Å². The minimum atomic E-state index is -0.209. The van der Waals surface area contributed by atoms with E-state index in [0.717, 1.165) is 5.56 Å². The Bertz CT molecular complexity index is 349. The molecule has 0 aromatic heterocycles. The van der Waals surface area contributed by atoms with Crippen LogP contribution in [0.25, 0.3) is 0 Å². The molecule has 0 bridgehead atoms. The maximum atomic E-state index is 10.8. The second-order valence-corrected chi connectivity index (χ2v) is 3.09. The third-order valence-electron chi connectivity index (χ3n) is 1.96. The maximum absolute atomic E-state index is 10.8. The largest absolute Gasteiger partial charge is 0.465 e. The second kappa shape index (κ2) is 5.90. The first-order valence-electron chi connectivity index (χ1n) is 4.84. The van der Waals surface area contributed by atoms with Crippen LogP contribution >= 0.6 is 0 Å². The van der Waals surface area contributed by atoms with E-state index in [1.165, 1.54) is 0 Å². The van der Waals surface area contributed by atoms with Crippen molar-refractivity contribution in [1.29, 1.82) is 0 Å². The fraction of sp³-hybridized carbons (Fsp3) is 0.364. The van der Waals surface area contributed by atoms with Crippen LogP contribution in [0.15, 0.2) is 29.4 Å². The van der Waals surface area contributed by atoms with Gasteiger partial charge in [0.2, 0.25) is 0 Å². The monoisotopic (exact) mass is 207 g/mol. The molecule has 1 rings (SSSR count). The number of benzene rings is 1. The van der Waals surface area contributed by atoms with Gasteiger partial charge in [-0.3, -0.25) is 4.79 Å². The number of hydrogen-bond donors (Lipinski definition) is 0. The van der Waals surface area contributed by atoms with Crippen molar-refractivity contribution in [2.75, 3.05) is 6.61 Å². The second-order valence-electron chi connectivity index (χ2n) is 3.09. The maximum Gasteiger partial charge on any atom is 0.305 e. The highest BCUT2D eigenvalue weighted by atomic mass is 16.5. The van der Waals surface area contributed by atoms with Crippen molar-refractivity contribution in [2.45, 2.75) is 19.8 Å². The molecule has 1 aromatic carbocycles. The SMILES string of the molecule is CCC(=O)OCCc1cccc(N=O)c1. The van der Waals surface area contributed by atoms with E-state index in [9.17, 15) is 9.70 Å². The quantitative estimate of drug-likeness (QED) is 0.550. The number of rotatable bonds is 5. The first-order valence-corrected chi connectivity index (χ1v) is 4.84. The Morgan fingerprint density at radius 3 is 2.93 bits per heavy atom. The lowest BCUT2D eigenvalue weighted by atomic mass is 10.1. The Morgan fingerprint density at radius 1 is 1.47 bits per heavy atom. The van der Waals surface area contributed by atoms with Gasteiger partial charge in [0.25, 0.3) is 0 Å². The summed E-state index contributed by atoms with van der Waals surface area (Å²) in [6, 6.07) is 6.95. The molecule has 0 fully saturated rings. The van der Waals surface area contributed by atoms with Crippen LogP contribution in [-0.4, -0.2) is 12.6 Å². The number of carbonyl (C=O) groups excluding carboxylic acids is 1. The molecule has 4 nitrogen and oxygen atoms in total. The number of hydrogen-bond acceptors (Lipinski definition) is 4. The summed E-state index contributed by atoms with van der Waals surface area (Å²) in [5, 5.41) is 2.83. The van der Waals surface area contributed by atoms with Crippen molar-refractivity contribution in [3.63, 3.8) is 0 Å². The third-order valence-corrected chi connectivity index (χ3v) is 1.96. The predicted octanol–water partition coefficient (Wildman–Crippen LogP) is 2.58. The van der Waals surface area contributed by atoms with Gasteiger partial charge in [-0.25, -0.2) is 0 Å². The molecule has 0 radical (unpaired) electrons. The molecule has 0 aliphatic rings. The summed E-state index contributed by atoms with van der Waals surface area (Å²) in [5.41, 5.74) is 1.34. The van der Waals surface area contributed by atoms with Crippen LogP contribution in [0.4, 0.5) is 5.69 Å². The first kappa shape index (κ1) is 11.4. The van der Waals surface area contributed by atoms with Crippen molar-refractivity contribution in [2.24, 2.45) is 5.18 Å². The molecule has 0 saturated carbocycles. The number of nitroso groups, excluding NO2 is 1. The minimum absolute atomic E-state index is 0.209. The van der Waals surface area contributed by atoms with Gasteiger partial charge in [-0.2, -0.15) is 0 Å². The Hall–Kier alpha value is -1.71. The number of ether oxygens (including phenoxy) is 1. The average Bonchev–Trinajstić information content (AvgIpc) is 2.29. The molecule has 0 aliphatic carbocycles. The zero-order valence-electron chi connectivity index (χ0n) is 8.60. The zero-order chi connectivity index (χ0) is 11.1. The topological polar surface area (TPSA) is 55.7 Å². The highest BCUT2D eigenvalue weighted by Crippen LogP contribution is 2.13. The first-order chi connectivity index (χ1) is 7.26.